The van der Waals surface area contributed by atoms with Crippen LogP contribution in [-0.4, -0.2) is 34.9 Å². The van der Waals surface area contributed by atoms with Crippen molar-refractivity contribution in [2.75, 3.05) is 13.1 Å². The highest BCUT2D eigenvalue weighted by atomic mass is 35.5. The molecule has 1 saturated heterocycles. The van der Waals surface area contributed by atoms with Gasteiger partial charge in [0.15, 0.2) is 0 Å². The van der Waals surface area contributed by atoms with E-state index in [2.05, 4.69) is 4.98 Å². The first kappa shape index (κ1) is 15.3. The molecular formula is C17H20ClN3O. The quantitative estimate of drug-likeness (QED) is 0.926. The molecule has 0 bridgehead atoms. The van der Waals surface area contributed by atoms with Crippen molar-refractivity contribution < 1.29 is 4.79 Å². The van der Waals surface area contributed by atoms with Crippen LogP contribution in [0, 0.1) is 5.92 Å². The topological polar surface area (TPSA) is 59.2 Å². The lowest BCUT2D eigenvalue weighted by atomic mass is 9.91. The summed E-state index contributed by atoms with van der Waals surface area (Å²) in [5.41, 5.74) is 7.30. The minimum absolute atomic E-state index is 0.00319. The van der Waals surface area contributed by atoms with E-state index in [1.165, 1.54) is 0 Å². The average Bonchev–Trinajstić information content (AvgIpc) is 2.53. The van der Waals surface area contributed by atoms with Crippen LogP contribution in [0.3, 0.4) is 0 Å². The van der Waals surface area contributed by atoms with Gasteiger partial charge in [0.25, 0.3) is 5.91 Å². The van der Waals surface area contributed by atoms with Crippen LogP contribution in [0.25, 0.3) is 10.9 Å². The first-order valence-corrected chi connectivity index (χ1v) is 8.03. The fourth-order valence-electron chi connectivity index (χ4n) is 3.11. The van der Waals surface area contributed by atoms with E-state index >= 15 is 0 Å². The van der Waals surface area contributed by atoms with Gasteiger partial charge < -0.3 is 10.6 Å². The average molecular weight is 318 g/mol. The molecule has 2 aromatic rings. The first-order chi connectivity index (χ1) is 10.6. The first-order valence-electron chi connectivity index (χ1n) is 7.65. The number of pyridine rings is 1. The fourth-order valence-corrected chi connectivity index (χ4v) is 3.34. The van der Waals surface area contributed by atoms with E-state index in [0.29, 0.717) is 28.6 Å². The van der Waals surface area contributed by atoms with Crippen molar-refractivity contribution in [3.05, 3.63) is 41.0 Å². The molecule has 1 aromatic heterocycles. The number of fused-ring (bicyclic) bond motifs is 1. The number of aromatic nitrogens is 1. The summed E-state index contributed by atoms with van der Waals surface area (Å²) in [6, 6.07) is 7.42. The van der Waals surface area contributed by atoms with Crippen LogP contribution in [0.4, 0.5) is 0 Å². The fraction of sp³-hybridized carbons (Fsp3) is 0.412. The van der Waals surface area contributed by atoms with Gasteiger partial charge in [-0.2, -0.15) is 0 Å². The van der Waals surface area contributed by atoms with E-state index in [-0.39, 0.29) is 11.9 Å². The highest BCUT2D eigenvalue weighted by molar-refractivity contribution is 6.32. The number of hydrogen-bond acceptors (Lipinski definition) is 3. The summed E-state index contributed by atoms with van der Waals surface area (Å²) >= 11 is 6.17. The predicted molar refractivity (Wildman–Crippen MR) is 89.0 cm³/mol. The number of piperidine rings is 1. The Morgan fingerprint density at radius 1 is 1.50 bits per heavy atom. The van der Waals surface area contributed by atoms with E-state index in [1.54, 1.807) is 12.3 Å². The zero-order valence-electron chi connectivity index (χ0n) is 12.6. The molecule has 2 heterocycles. The van der Waals surface area contributed by atoms with Gasteiger partial charge in [-0.05, 0) is 43.9 Å². The molecule has 116 valence electrons. The van der Waals surface area contributed by atoms with Crippen LogP contribution in [0.1, 0.15) is 30.1 Å². The Kier molecular flexibility index (Phi) is 4.32. The summed E-state index contributed by atoms with van der Waals surface area (Å²) in [5, 5.41) is 1.45. The molecule has 1 aliphatic rings. The third-order valence-electron chi connectivity index (χ3n) is 4.39. The molecular weight excluding hydrogens is 298 g/mol. The number of hydrogen-bond donors (Lipinski definition) is 1. The van der Waals surface area contributed by atoms with Gasteiger partial charge in [0.1, 0.15) is 0 Å². The van der Waals surface area contributed by atoms with Crippen molar-refractivity contribution in [3.63, 3.8) is 0 Å². The van der Waals surface area contributed by atoms with Crippen molar-refractivity contribution in [1.82, 2.24) is 9.88 Å². The largest absolute Gasteiger partial charge is 0.338 e. The molecule has 4 nitrogen and oxygen atoms in total. The molecule has 0 spiro atoms. The van der Waals surface area contributed by atoms with Gasteiger partial charge in [-0.25, -0.2) is 0 Å². The Hall–Kier alpha value is -1.65. The van der Waals surface area contributed by atoms with Crippen molar-refractivity contribution in [3.8, 4) is 0 Å². The standard InChI is InChI=1S/C17H20ClN3O/c1-11(19)13-5-3-7-21(10-13)17(22)15-9-14(18)8-12-4-2-6-20-16(12)15/h2,4,6,8-9,11,13H,3,5,7,10,19H2,1H3/t11-,13+/m1/s1. The van der Waals surface area contributed by atoms with Gasteiger partial charge >= 0.3 is 0 Å². The number of halogens is 1. The summed E-state index contributed by atoms with van der Waals surface area (Å²) in [5.74, 6) is 0.354. The maximum Gasteiger partial charge on any atom is 0.256 e. The lowest BCUT2D eigenvalue weighted by Gasteiger charge is -2.34. The Bertz CT molecular complexity index is 701. The molecule has 3 rings (SSSR count). The van der Waals surface area contributed by atoms with Gasteiger partial charge in [0, 0.05) is 35.7 Å². The Labute approximate surface area is 135 Å². The molecule has 1 aromatic carbocycles. The SMILES string of the molecule is C[C@@H](N)[C@H]1CCCN(C(=O)c2cc(Cl)cc3cccnc23)C1. The van der Waals surface area contributed by atoms with Crippen molar-refractivity contribution in [1.29, 1.82) is 0 Å². The lowest BCUT2D eigenvalue weighted by Crippen LogP contribution is -2.45. The van der Waals surface area contributed by atoms with Crippen LogP contribution in [-0.2, 0) is 0 Å². The number of carbonyl (C=O) groups is 1. The molecule has 2 N–H and O–H groups in total. The van der Waals surface area contributed by atoms with Crippen LogP contribution >= 0.6 is 11.6 Å². The molecule has 1 fully saturated rings. The predicted octanol–water partition coefficient (Wildman–Crippen LogP) is 3.09. The number of amides is 1. The Morgan fingerprint density at radius 3 is 3.09 bits per heavy atom. The molecule has 1 amide bonds. The van der Waals surface area contributed by atoms with Crippen LogP contribution in [0.2, 0.25) is 5.02 Å². The van der Waals surface area contributed by atoms with Crippen molar-refractivity contribution >= 4 is 28.4 Å². The second-order valence-electron chi connectivity index (χ2n) is 6.04. The smallest absolute Gasteiger partial charge is 0.256 e. The van der Waals surface area contributed by atoms with Crippen molar-refractivity contribution in [2.24, 2.45) is 11.7 Å². The number of carbonyl (C=O) groups excluding carboxylic acids is 1. The highest BCUT2D eigenvalue weighted by Gasteiger charge is 2.27. The van der Waals surface area contributed by atoms with Crippen LogP contribution in [0.5, 0.6) is 0 Å². The second kappa shape index (κ2) is 6.23. The summed E-state index contributed by atoms with van der Waals surface area (Å²) < 4.78 is 0. The second-order valence-corrected chi connectivity index (χ2v) is 6.48. The molecule has 1 aliphatic heterocycles. The molecule has 0 saturated carbocycles. The maximum absolute atomic E-state index is 12.9. The molecule has 0 radical (unpaired) electrons. The minimum Gasteiger partial charge on any atom is -0.338 e. The maximum atomic E-state index is 12.9. The van der Waals surface area contributed by atoms with E-state index in [0.717, 1.165) is 24.8 Å². The molecule has 0 unspecified atom stereocenters. The van der Waals surface area contributed by atoms with Gasteiger partial charge in [0.05, 0.1) is 11.1 Å². The summed E-state index contributed by atoms with van der Waals surface area (Å²) in [4.78, 5) is 19.2. The normalized spacial score (nSPS) is 20.1. The zero-order valence-corrected chi connectivity index (χ0v) is 13.4. The highest BCUT2D eigenvalue weighted by Crippen LogP contribution is 2.26. The Balaban J connectivity index is 1.95. The number of nitrogens with two attached hydrogens (primary N) is 1. The van der Waals surface area contributed by atoms with Crippen molar-refractivity contribution in [2.45, 2.75) is 25.8 Å². The number of benzene rings is 1. The van der Waals surface area contributed by atoms with Crippen LogP contribution in [0.15, 0.2) is 30.5 Å². The van der Waals surface area contributed by atoms with Gasteiger partial charge in [-0.15, -0.1) is 0 Å². The van der Waals surface area contributed by atoms with Gasteiger partial charge in [-0.3, -0.25) is 9.78 Å². The zero-order chi connectivity index (χ0) is 15.7. The molecule has 5 heteroatoms. The summed E-state index contributed by atoms with van der Waals surface area (Å²) in [7, 11) is 0. The van der Waals surface area contributed by atoms with Crippen LogP contribution < -0.4 is 5.73 Å². The third-order valence-corrected chi connectivity index (χ3v) is 4.61. The third kappa shape index (κ3) is 2.94. The number of nitrogens with zero attached hydrogens (tertiary/aromatic N) is 2. The molecule has 22 heavy (non-hydrogen) atoms. The van der Waals surface area contributed by atoms with E-state index in [1.807, 2.05) is 30.0 Å². The number of rotatable bonds is 2. The number of likely N-dealkylation sites (tertiary alicyclic amines) is 1. The van der Waals surface area contributed by atoms with Gasteiger partial charge in [-0.1, -0.05) is 17.7 Å². The summed E-state index contributed by atoms with van der Waals surface area (Å²) in [6.45, 7) is 3.48. The summed E-state index contributed by atoms with van der Waals surface area (Å²) in [6.07, 6.45) is 3.77. The van der Waals surface area contributed by atoms with E-state index in [4.69, 9.17) is 17.3 Å². The van der Waals surface area contributed by atoms with E-state index < -0.39 is 0 Å². The van der Waals surface area contributed by atoms with Gasteiger partial charge in [0.2, 0.25) is 0 Å². The van der Waals surface area contributed by atoms with E-state index in [9.17, 15) is 4.79 Å². The monoisotopic (exact) mass is 317 g/mol. The minimum atomic E-state index is -0.00319. The molecule has 0 aliphatic carbocycles. The lowest BCUT2D eigenvalue weighted by molar-refractivity contribution is 0.0663. The Morgan fingerprint density at radius 2 is 2.32 bits per heavy atom. The molecule has 2 atom stereocenters.